The third kappa shape index (κ3) is 5.53. The zero-order chi connectivity index (χ0) is 16.1. The van der Waals surface area contributed by atoms with Gasteiger partial charge in [-0.1, -0.05) is 6.07 Å². The molecule has 120 valence electrons. The van der Waals surface area contributed by atoms with Crippen LogP contribution < -0.4 is 4.74 Å². The largest absolute Gasteiger partial charge is 0.504 e. The molecule has 0 saturated carbocycles. The molecule has 0 aliphatic rings. The van der Waals surface area contributed by atoms with Crippen molar-refractivity contribution in [2.45, 2.75) is 13.0 Å². The summed E-state index contributed by atoms with van der Waals surface area (Å²) in [6.07, 6.45) is 0.494. The Morgan fingerprint density at radius 3 is 2.48 bits per heavy atom. The zero-order valence-electron chi connectivity index (χ0n) is 13.0. The molecular formula is C14H24NO5S+. The van der Waals surface area contributed by atoms with E-state index in [-0.39, 0.29) is 11.5 Å². The molecule has 21 heavy (non-hydrogen) atoms. The van der Waals surface area contributed by atoms with Crippen molar-refractivity contribution in [3.63, 3.8) is 0 Å². The Hall–Kier alpha value is -1.31. The minimum atomic E-state index is -3.41. The Kier molecular flexibility index (Phi) is 6.00. The van der Waals surface area contributed by atoms with E-state index in [1.165, 1.54) is 14.2 Å². The van der Waals surface area contributed by atoms with Crippen molar-refractivity contribution >= 4 is 10.1 Å². The first kappa shape index (κ1) is 17.7. The smallest absolute Gasteiger partial charge is 0.267 e. The van der Waals surface area contributed by atoms with Gasteiger partial charge in [-0.25, -0.2) is 0 Å². The molecule has 0 aliphatic heterocycles. The van der Waals surface area contributed by atoms with Gasteiger partial charge < -0.3 is 14.3 Å². The van der Waals surface area contributed by atoms with Crippen molar-refractivity contribution in [1.29, 1.82) is 0 Å². The maximum atomic E-state index is 11.3. The number of aromatic hydroxyl groups is 1. The number of para-hydroxylation sites is 1. The molecule has 0 aromatic heterocycles. The predicted molar refractivity (Wildman–Crippen MR) is 80.8 cm³/mol. The Morgan fingerprint density at radius 2 is 1.90 bits per heavy atom. The number of rotatable bonds is 8. The van der Waals surface area contributed by atoms with Crippen molar-refractivity contribution in [3.05, 3.63) is 23.8 Å². The van der Waals surface area contributed by atoms with E-state index >= 15 is 0 Å². The first-order valence-corrected chi connectivity index (χ1v) is 8.23. The van der Waals surface area contributed by atoms with Gasteiger partial charge in [0.1, 0.15) is 6.54 Å². The lowest BCUT2D eigenvalue weighted by Crippen LogP contribution is -2.40. The Bertz CT molecular complexity index is 569. The summed E-state index contributed by atoms with van der Waals surface area (Å²) in [5.74, 6) is 0.570. The quantitative estimate of drug-likeness (QED) is 0.578. The van der Waals surface area contributed by atoms with Crippen LogP contribution in [0.25, 0.3) is 0 Å². The van der Waals surface area contributed by atoms with E-state index in [9.17, 15) is 13.5 Å². The molecule has 0 spiro atoms. The molecule has 1 aromatic rings. The van der Waals surface area contributed by atoms with Crippen LogP contribution in [0, 0.1) is 0 Å². The highest BCUT2D eigenvalue weighted by Gasteiger charge is 2.21. The molecule has 1 aromatic carbocycles. The highest BCUT2D eigenvalue weighted by atomic mass is 32.2. The molecule has 0 aliphatic carbocycles. The van der Waals surface area contributed by atoms with Gasteiger partial charge in [-0.2, -0.15) is 8.42 Å². The number of ether oxygens (including phenoxy) is 1. The monoisotopic (exact) mass is 318 g/mol. The highest BCUT2D eigenvalue weighted by molar-refractivity contribution is 7.86. The van der Waals surface area contributed by atoms with Crippen molar-refractivity contribution in [2.75, 3.05) is 40.6 Å². The van der Waals surface area contributed by atoms with Crippen LogP contribution in [0.15, 0.2) is 18.2 Å². The lowest BCUT2D eigenvalue weighted by atomic mass is 10.1. The van der Waals surface area contributed by atoms with Gasteiger partial charge in [-0.15, -0.1) is 0 Å². The van der Waals surface area contributed by atoms with Gasteiger partial charge >= 0.3 is 0 Å². The maximum Gasteiger partial charge on any atom is 0.267 e. The Labute approximate surface area is 126 Å². The van der Waals surface area contributed by atoms with E-state index in [1.54, 1.807) is 6.07 Å². The van der Waals surface area contributed by atoms with Crippen LogP contribution in [0.1, 0.15) is 12.0 Å². The van der Waals surface area contributed by atoms with Crippen LogP contribution >= 0.6 is 0 Å². The first-order chi connectivity index (χ1) is 9.71. The minimum absolute atomic E-state index is 0.00469. The topological polar surface area (TPSA) is 72.8 Å². The van der Waals surface area contributed by atoms with Gasteiger partial charge in [-0.3, -0.25) is 4.18 Å². The van der Waals surface area contributed by atoms with E-state index in [4.69, 9.17) is 4.74 Å². The fourth-order valence-corrected chi connectivity index (χ4v) is 2.80. The van der Waals surface area contributed by atoms with Gasteiger partial charge in [0.25, 0.3) is 10.1 Å². The van der Waals surface area contributed by atoms with Gasteiger partial charge in [0.15, 0.2) is 11.5 Å². The molecule has 0 atom stereocenters. The number of hydrogen-bond donors (Lipinski definition) is 1. The van der Waals surface area contributed by atoms with Crippen LogP contribution in [0.4, 0.5) is 0 Å². The summed E-state index contributed by atoms with van der Waals surface area (Å²) in [6.45, 7) is 1.23. The Morgan fingerprint density at radius 1 is 1.24 bits per heavy atom. The fourth-order valence-electron chi connectivity index (χ4n) is 2.15. The molecule has 0 amide bonds. The number of benzene rings is 1. The number of phenolic OH excluding ortho intramolecular Hbond substituents is 1. The average molecular weight is 318 g/mol. The van der Waals surface area contributed by atoms with E-state index in [1.807, 2.05) is 26.2 Å². The van der Waals surface area contributed by atoms with Crippen LogP contribution in [0.3, 0.4) is 0 Å². The average Bonchev–Trinajstić information content (AvgIpc) is 2.40. The maximum absolute atomic E-state index is 11.3. The summed E-state index contributed by atoms with van der Waals surface area (Å²) in [4.78, 5) is 0. The fraction of sp³-hybridized carbons (Fsp3) is 0.571. The lowest BCUT2D eigenvalue weighted by molar-refractivity contribution is -0.903. The number of hydrogen-bond acceptors (Lipinski definition) is 5. The molecule has 0 fully saturated rings. The molecular weight excluding hydrogens is 294 g/mol. The molecule has 0 saturated heterocycles. The van der Waals surface area contributed by atoms with E-state index in [2.05, 4.69) is 4.18 Å². The minimum Gasteiger partial charge on any atom is -0.504 e. The SMILES string of the molecule is COc1cccc(C[N+](C)(C)CCCS(=O)(=O)OC)c1O. The van der Waals surface area contributed by atoms with Crippen LogP contribution in [0.5, 0.6) is 11.5 Å². The predicted octanol–water partition coefficient (Wildman–Crippen LogP) is 1.34. The van der Waals surface area contributed by atoms with Crippen LogP contribution in [0.2, 0.25) is 0 Å². The summed E-state index contributed by atoms with van der Waals surface area (Å²) in [7, 11) is 3.23. The van der Waals surface area contributed by atoms with Gasteiger partial charge in [0.2, 0.25) is 0 Å². The molecule has 1 rings (SSSR count). The lowest BCUT2D eigenvalue weighted by Gasteiger charge is -2.30. The number of methoxy groups -OCH3 is 1. The second-order valence-corrected chi connectivity index (χ2v) is 7.42. The molecule has 1 N–H and O–H groups in total. The highest BCUT2D eigenvalue weighted by Crippen LogP contribution is 2.31. The second-order valence-electron chi connectivity index (χ2n) is 5.57. The van der Waals surface area contributed by atoms with Crippen molar-refractivity contribution in [3.8, 4) is 11.5 Å². The van der Waals surface area contributed by atoms with Crippen LogP contribution in [-0.2, 0) is 20.8 Å². The summed E-state index contributed by atoms with van der Waals surface area (Å²) in [6, 6.07) is 5.36. The van der Waals surface area contributed by atoms with Crippen molar-refractivity contribution < 1.29 is 26.9 Å². The molecule has 7 heteroatoms. The Balaban J connectivity index is 2.68. The molecule has 0 unspecified atom stereocenters. The number of quaternary nitrogens is 1. The molecule has 0 bridgehead atoms. The summed E-state index contributed by atoms with van der Waals surface area (Å²) < 4.78 is 32.7. The second kappa shape index (κ2) is 7.11. The van der Waals surface area contributed by atoms with Crippen molar-refractivity contribution in [2.24, 2.45) is 0 Å². The third-order valence-electron chi connectivity index (χ3n) is 3.31. The van der Waals surface area contributed by atoms with Crippen molar-refractivity contribution in [1.82, 2.24) is 0 Å². The van der Waals surface area contributed by atoms with Gasteiger partial charge in [0.05, 0.1) is 46.2 Å². The third-order valence-corrected chi connectivity index (χ3v) is 4.61. The summed E-state index contributed by atoms with van der Waals surface area (Å²) in [5, 5.41) is 10.1. The van der Waals surface area contributed by atoms with Crippen LogP contribution in [-0.4, -0.2) is 58.6 Å². The molecule has 6 nitrogen and oxygen atoms in total. The summed E-state index contributed by atoms with van der Waals surface area (Å²) in [5.41, 5.74) is 0.772. The zero-order valence-corrected chi connectivity index (χ0v) is 13.8. The number of phenols is 1. The van der Waals surface area contributed by atoms with Gasteiger partial charge in [-0.05, 0) is 12.1 Å². The normalized spacial score (nSPS) is 12.4. The van der Waals surface area contributed by atoms with E-state index in [0.29, 0.717) is 29.7 Å². The number of nitrogens with zero attached hydrogens (tertiary/aromatic N) is 1. The standard InChI is InChI=1S/C14H23NO5S/c1-15(2,9-6-10-21(17,18)20-4)11-12-7-5-8-13(19-3)14(12)16/h5,7-8H,6,9-11H2,1-4H3/p+1. The molecule has 0 radical (unpaired) electrons. The summed E-state index contributed by atoms with van der Waals surface area (Å²) >= 11 is 0. The van der Waals surface area contributed by atoms with E-state index in [0.717, 1.165) is 5.56 Å². The van der Waals surface area contributed by atoms with E-state index < -0.39 is 10.1 Å². The first-order valence-electron chi connectivity index (χ1n) is 6.66. The van der Waals surface area contributed by atoms with Gasteiger partial charge in [0, 0.05) is 6.42 Å². The molecule has 0 heterocycles.